The van der Waals surface area contributed by atoms with Crippen LogP contribution in [0.2, 0.25) is 0 Å². The van der Waals surface area contributed by atoms with Crippen molar-refractivity contribution in [2.24, 2.45) is 0 Å². The summed E-state index contributed by atoms with van der Waals surface area (Å²) in [6.45, 7) is 4.50. The second kappa shape index (κ2) is 10.0. The van der Waals surface area contributed by atoms with E-state index in [0.717, 1.165) is 38.0 Å². The van der Waals surface area contributed by atoms with E-state index in [1.54, 1.807) is 24.3 Å². The van der Waals surface area contributed by atoms with Crippen LogP contribution in [0.4, 0.5) is 11.4 Å². The van der Waals surface area contributed by atoms with E-state index < -0.39 is 10.0 Å². The fourth-order valence-electron chi connectivity index (χ4n) is 3.23. The van der Waals surface area contributed by atoms with Crippen molar-refractivity contribution in [3.8, 4) is 5.75 Å². The van der Waals surface area contributed by atoms with Crippen LogP contribution in [0.1, 0.15) is 5.56 Å². The molecule has 0 saturated carbocycles. The Morgan fingerprint density at radius 1 is 1.03 bits per heavy atom. The van der Waals surface area contributed by atoms with Crippen molar-refractivity contribution >= 4 is 27.3 Å². The SMILES string of the molecule is CN1CCN(c2ccc(CNC(=O)COc3ccc(N(C)S(C)(=O)=O)cc3)cc2)CC1. The average molecular weight is 447 g/mol. The summed E-state index contributed by atoms with van der Waals surface area (Å²) in [5.41, 5.74) is 2.76. The molecule has 3 rings (SSSR count). The minimum absolute atomic E-state index is 0.110. The summed E-state index contributed by atoms with van der Waals surface area (Å²) >= 11 is 0. The lowest BCUT2D eigenvalue weighted by Gasteiger charge is -2.34. The minimum atomic E-state index is -3.32. The van der Waals surface area contributed by atoms with Gasteiger partial charge >= 0.3 is 0 Å². The molecule has 0 unspecified atom stereocenters. The first-order chi connectivity index (χ1) is 14.7. The molecule has 0 spiro atoms. The van der Waals surface area contributed by atoms with E-state index in [4.69, 9.17) is 4.74 Å². The maximum Gasteiger partial charge on any atom is 0.258 e. The van der Waals surface area contributed by atoms with Crippen molar-refractivity contribution in [3.05, 3.63) is 54.1 Å². The number of nitrogens with zero attached hydrogens (tertiary/aromatic N) is 3. The van der Waals surface area contributed by atoms with Gasteiger partial charge in [-0.25, -0.2) is 8.42 Å². The highest BCUT2D eigenvalue weighted by molar-refractivity contribution is 7.92. The molecule has 1 N–H and O–H groups in total. The van der Waals surface area contributed by atoms with Gasteiger partial charge in [0.25, 0.3) is 5.91 Å². The molecule has 0 atom stereocenters. The summed E-state index contributed by atoms with van der Waals surface area (Å²) in [4.78, 5) is 16.8. The Bertz CT molecular complexity index is 970. The summed E-state index contributed by atoms with van der Waals surface area (Å²) in [5, 5.41) is 2.85. The number of hydrogen-bond donors (Lipinski definition) is 1. The molecule has 1 fully saturated rings. The largest absolute Gasteiger partial charge is 0.484 e. The summed E-state index contributed by atoms with van der Waals surface area (Å²) in [7, 11) is 0.305. The van der Waals surface area contributed by atoms with Gasteiger partial charge < -0.3 is 19.9 Å². The third-order valence-corrected chi connectivity index (χ3v) is 6.57. The smallest absolute Gasteiger partial charge is 0.258 e. The van der Waals surface area contributed by atoms with Crippen molar-refractivity contribution in [3.63, 3.8) is 0 Å². The van der Waals surface area contributed by atoms with E-state index in [1.165, 1.54) is 17.0 Å². The Morgan fingerprint density at radius 2 is 1.65 bits per heavy atom. The van der Waals surface area contributed by atoms with E-state index in [-0.39, 0.29) is 12.5 Å². The molecule has 2 aromatic carbocycles. The molecule has 0 bridgehead atoms. The second-order valence-electron chi connectivity index (χ2n) is 7.75. The van der Waals surface area contributed by atoms with Gasteiger partial charge in [-0.05, 0) is 49.0 Å². The Morgan fingerprint density at radius 3 is 2.23 bits per heavy atom. The van der Waals surface area contributed by atoms with E-state index >= 15 is 0 Å². The summed E-state index contributed by atoms with van der Waals surface area (Å²) in [5.74, 6) is 0.276. The molecule has 0 aromatic heterocycles. The molecule has 0 aliphatic carbocycles. The fourth-order valence-corrected chi connectivity index (χ4v) is 3.74. The van der Waals surface area contributed by atoms with Crippen LogP contribution in [0, 0.1) is 0 Å². The van der Waals surface area contributed by atoms with E-state index in [2.05, 4.69) is 34.3 Å². The number of piperazine rings is 1. The van der Waals surface area contributed by atoms with Gasteiger partial charge in [0.2, 0.25) is 10.0 Å². The monoisotopic (exact) mass is 446 g/mol. The highest BCUT2D eigenvalue weighted by atomic mass is 32.2. The molecular weight excluding hydrogens is 416 g/mol. The Labute approximate surface area is 184 Å². The third kappa shape index (κ3) is 6.60. The highest BCUT2D eigenvalue weighted by Gasteiger charge is 2.14. The van der Waals surface area contributed by atoms with Gasteiger partial charge in [-0.2, -0.15) is 0 Å². The average Bonchev–Trinajstić information content (AvgIpc) is 2.76. The van der Waals surface area contributed by atoms with E-state index in [1.807, 2.05) is 12.1 Å². The molecule has 9 heteroatoms. The van der Waals surface area contributed by atoms with Gasteiger partial charge in [0.1, 0.15) is 5.75 Å². The van der Waals surface area contributed by atoms with Crippen LogP contribution >= 0.6 is 0 Å². The highest BCUT2D eigenvalue weighted by Crippen LogP contribution is 2.20. The van der Waals surface area contributed by atoms with Crippen molar-refractivity contribution in [2.75, 3.05) is 62.3 Å². The van der Waals surface area contributed by atoms with Crippen LogP contribution in [0.15, 0.2) is 48.5 Å². The zero-order chi connectivity index (χ0) is 22.4. The number of anilines is 2. The predicted molar refractivity (Wildman–Crippen MR) is 123 cm³/mol. The lowest BCUT2D eigenvalue weighted by atomic mass is 10.2. The van der Waals surface area contributed by atoms with Crippen LogP contribution in [0.3, 0.4) is 0 Å². The lowest BCUT2D eigenvalue weighted by Crippen LogP contribution is -2.44. The second-order valence-corrected chi connectivity index (χ2v) is 9.76. The van der Waals surface area contributed by atoms with Gasteiger partial charge in [0, 0.05) is 45.5 Å². The first-order valence-corrected chi connectivity index (χ1v) is 12.0. The number of benzene rings is 2. The number of nitrogens with one attached hydrogen (secondary N) is 1. The molecular formula is C22H30N4O4S. The number of amides is 1. The molecule has 1 heterocycles. The summed E-state index contributed by atoms with van der Waals surface area (Å²) < 4.78 is 29.8. The van der Waals surface area contributed by atoms with Crippen molar-refractivity contribution in [1.82, 2.24) is 10.2 Å². The topological polar surface area (TPSA) is 82.2 Å². The van der Waals surface area contributed by atoms with Crippen LogP contribution < -0.4 is 19.3 Å². The molecule has 168 valence electrons. The summed E-state index contributed by atoms with van der Waals surface area (Å²) in [6, 6.07) is 14.8. The van der Waals surface area contributed by atoms with Gasteiger partial charge in [0.05, 0.1) is 11.9 Å². The zero-order valence-electron chi connectivity index (χ0n) is 18.2. The molecule has 0 radical (unpaired) electrons. The Balaban J connectivity index is 1.43. The quantitative estimate of drug-likeness (QED) is 0.662. The Kier molecular flexibility index (Phi) is 7.40. The van der Waals surface area contributed by atoms with Crippen molar-refractivity contribution < 1.29 is 17.9 Å². The van der Waals surface area contributed by atoms with Crippen LogP contribution in [-0.2, 0) is 21.4 Å². The van der Waals surface area contributed by atoms with Crippen LogP contribution in [-0.4, -0.2) is 72.4 Å². The first kappa shape index (κ1) is 22.9. The maximum absolute atomic E-state index is 12.1. The van der Waals surface area contributed by atoms with Crippen LogP contribution in [0.25, 0.3) is 0 Å². The van der Waals surface area contributed by atoms with E-state index in [9.17, 15) is 13.2 Å². The third-order valence-electron chi connectivity index (χ3n) is 5.36. The van der Waals surface area contributed by atoms with Crippen LogP contribution in [0.5, 0.6) is 5.75 Å². The lowest BCUT2D eigenvalue weighted by molar-refractivity contribution is -0.123. The standard InChI is InChI=1S/C22H30N4O4S/c1-24-12-14-26(15-13-24)20-6-4-18(5-7-20)16-23-22(27)17-30-21-10-8-19(9-11-21)25(2)31(3,28)29/h4-11H,12-17H2,1-3H3,(H,23,27). The van der Waals surface area contributed by atoms with E-state index in [0.29, 0.717) is 18.0 Å². The number of carbonyl (C=O) groups excluding carboxylic acids is 1. The Hall–Kier alpha value is -2.78. The van der Waals surface area contributed by atoms with Crippen molar-refractivity contribution in [1.29, 1.82) is 0 Å². The van der Waals surface area contributed by atoms with Gasteiger partial charge in [-0.1, -0.05) is 12.1 Å². The molecule has 2 aromatic rings. The zero-order valence-corrected chi connectivity index (χ0v) is 19.1. The molecule has 1 aliphatic rings. The van der Waals surface area contributed by atoms with Crippen molar-refractivity contribution in [2.45, 2.75) is 6.54 Å². The molecule has 1 amide bonds. The molecule has 8 nitrogen and oxygen atoms in total. The number of likely N-dealkylation sites (N-methyl/N-ethyl adjacent to an activating group) is 1. The minimum Gasteiger partial charge on any atom is -0.484 e. The molecule has 1 saturated heterocycles. The molecule has 1 aliphatic heterocycles. The number of hydrogen-bond acceptors (Lipinski definition) is 6. The maximum atomic E-state index is 12.1. The number of rotatable bonds is 8. The number of ether oxygens (including phenoxy) is 1. The van der Waals surface area contributed by atoms with Gasteiger partial charge in [-0.15, -0.1) is 0 Å². The van der Waals surface area contributed by atoms with Gasteiger partial charge in [-0.3, -0.25) is 9.10 Å². The normalized spacial score (nSPS) is 14.9. The molecule has 31 heavy (non-hydrogen) atoms. The number of carbonyl (C=O) groups is 1. The first-order valence-electron chi connectivity index (χ1n) is 10.2. The predicted octanol–water partition coefficient (Wildman–Crippen LogP) is 1.53. The fraction of sp³-hybridized carbons (Fsp3) is 0.409. The summed E-state index contributed by atoms with van der Waals surface area (Å²) in [6.07, 6.45) is 1.14. The number of sulfonamides is 1. The van der Waals surface area contributed by atoms with Gasteiger partial charge in [0.15, 0.2) is 6.61 Å².